The Morgan fingerprint density at radius 2 is 0.724 bits per heavy atom. The first-order valence-corrected chi connectivity index (χ1v) is 24.1. The normalized spacial score (nSPS) is 13.4. The molecule has 0 saturated heterocycles. The van der Waals surface area contributed by atoms with E-state index in [9.17, 15) is 34.2 Å². The highest BCUT2D eigenvalue weighted by Gasteiger charge is 2.28. The van der Waals surface area contributed by atoms with E-state index < -0.39 is 24.1 Å². The van der Waals surface area contributed by atoms with Crippen LogP contribution in [0.2, 0.25) is 0 Å². The van der Waals surface area contributed by atoms with Crippen molar-refractivity contribution in [2.75, 3.05) is 6.61 Å². The Labute approximate surface area is 354 Å². The van der Waals surface area contributed by atoms with E-state index in [1.165, 1.54) is 44.9 Å². The highest BCUT2D eigenvalue weighted by Crippen LogP contribution is 2.32. The van der Waals surface area contributed by atoms with E-state index in [0.717, 1.165) is 116 Å². The van der Waals surface area contributed by atoms with E-state index in [4.69, 9.17) is 14.2 Å². The Kier molecular flexibility index (Phi) is 38.0. The summed E-state index contributed by atoms with van der Waals surface area (Å²) in [6, 6.07) is 0. The van der Waals surface area contributed by atoms with Gasteiger partial charge < -0.3 is 24.4 Å². The molecule has 10 heteroatoms. The average molecular weight is 825 g/mol. The van der Waals surface area contributed by atoms with E-state index >= 15 is 0 Å². The Morgan fingerprint density at radius 3 is 1.10 bits per heavy atom. The number of unbranched alkanes of at least 4 members (excludes halogenated alkanes) is 19. The summed E-state index contributed by atoms with van der Waals surface area (Å²) in [4.78, 5) is 59.6. The Hall–Kier alpha value is -2.65. The molecule has 0 fully saturated rings. The summed E-state index contributed by atoms with van der Waals surface area (Å²) < 4.78 is 17.1. The number of rotatable bonds is 43. The van der Waals surface area contributed by atoms with Gasteiger partial charge >= 0.3 is 29.8 Å². The number of hydrogen-bond donors (Lipinski definition) is 2. The molecule has 0 aromatic carbocycles. The third-order valence-electron chi connectivity index (χ3n) is 11.6. The van der Waals surface area contributed by atoms with E-state index in [0.29, 0.717) is 45.1 Å². The van der Waals surface area contributed by atoms with E-state index in [1.54, 1.807) is 13.8 Å². The minimum atomic E-state index is -0.780. The SMILES string of the molecule is CCCCCCCCC(CCC(=O)O)C(CCCCCCCCOC(=O)CCCCCCCC(OC(=O)CC)C(CCCCCCCC)OC(=O)CC)CCC(=O)O. The molecule has 10 nitrogen and oxygen atoms in total. The number of carboxylic acid groups (broad SMARTS) is 2. The second kappa shape index (κ2) is 39.8. The summed E-state index contributed by atoms with van der Waals surface area (Å²) in [5, 5.41) is 18.7. The van der Waals surface area contributed by atoms with Crippen LogP contribution >= 0.6 is 0 Å². The monoisotopic (exact) mass is 825 g/mol. The Morgan fingerprint density at radius 1 is 0.379 bits per heavy atom. The lowest BCUT2D eigenvalue weighted by molar-refractivity contribution is -0.169. The summed E-state index contributed by atoms with van der Waals surface area (Å²) in [7, 11) is 0. The predicted molar refractivity (Wildman–Crippen MR) is 233 cm³/mol. The quantitative estimate of drug-likeness (QED) is 0.0345. The highest BCUT2D eigenvalue weighted by atomic mass is 16.6. The van der Waals surface area contributed by atoms with E-state index in [1.807, 2.05) is 0 Å². The van der Waals surface area contributed by atoms with E-state index in [2.05, 4.69) is 13.8 Å². The molecule has 0 aromatic heterocycles. The first kappa shape index (κ1) is 55.4. The van der Waals surface area contributed by atoms with Crippen molar-refractivity contribution in [3.05, 3.63) is 0 Å². The van der Waals surface area contributed by atoms with Crippen LogP contribution in [0.4, 0.5) is 0 Å². The molecule has 4 atom stereocenters. The van der Waals surface area contributed by atoms with Gasteiger partial charge in [0.2, 0.25) is 0 Å². The lowest BCUT2D eigenvalue weighted by Crippen LogP contribution is -2.35. The van der Waals surface area contributed by atoms with Crippen LogP contribution < -0.4 is 0 Å². The van der Waals surface area contributed by atoms with Crippen molar-refractivity contribution in [1.82, 2.24) is 0 Å². The molecule has 0 aliphatic rings. The maximum atomic E-state index is 12.3. The fourth-order valence-corrected chi connectivity index (χ4v) is 7.93. The van der Waals surface area contributed by atoms with Crippen molar-refractivity contribution < 1.29 is 48.4 Å². The topological polar surface area (TPSA) is 154 Å². The van der Waals surface area contributed by atoms with Crippen LogP contribution in [0.1, 0.15) is 246 Å². The predicted octanol–water partition coefficient (Wildman–Crippen LogP) is 13.1. The number of ether oxygens (including phenoxy) is 3. The maximum Gasteiger partial charge on any atom is 0.305 e. The maximum absolute atomic E-state index is 12.3. The van der Waals surface area contributed by atoms with Crippen LogP contribution in [-0.4, -0.2) is 58.9 Å². The van der Waals surface area contributed by atoms with Crippen LogP contribution in [0.5, 0.6) is 0 Å². The zero-order valence-corrected chi connectivity index (χ0v) is 37.7. The van der Waals surface area contributed by atoms with Gasteiger partial charge in [-0.05, 0) is 63.2 Å². The molecule has 0 bridgehead atoms. The van der Waals surface area contributed by atoms with Crippen LogP contribution in [0.25, 0.3) is 0 Å². The number of carbonyl (C=O) groups is 5. The number of carbonyl (C=O) groups excluding carboxylic acids is 3. The van der Waals surface area contributed by atoms with Gasteiger partial charge in [-0.25, -0.2) is 0 Å². The molecule has 0 aromatic rings. The second-order valence-corrected chi connectivity index (χ2v) is 16.7. The van der Waals surface area contributed by atoms with Gasteiger partial charge in [0.05, 0.1) is 6.61 Å². The van der Waals surface area contributed by atoms with Crippen molar-refractivity contribution in [1.29, 1.82) is 0 Å². The molecular weight excluding hydrogens is 737 g/mol. The first-order valence-electron chi connectivity index (χ1n) is 24.1. The molecule has 0 rings (SSSR count). The Bertz CT molecular complexity index is 1030. The van der Waals surface area contributed by atoms with Gasteiger partial charge in [0.1, 0.15) is 12.2 Å². The van der Waals surface area contributed by atoms with Crippen molar-refractivity contribution >= 4 is 29.8 Å². The lowest BCUT2D eigenvalue weighted by Gasteiger charge is -2.27. The molecule has 0 aliphatic carbocycles. The second-order valence-electron chi connectivity index (χ2n) is 16.7. The van der Waals surface area contributed by atoms with Crippen LogP contribution in [-0.2, 0) is 38.2 Å². The minimum absolute atomic E-state index is 0.142. The number of aliphatic carboxylic acids is 2. The summed E-state index contributed by atoms with van der Waals surface area (Å²) >= 11 is 0. The molecule has 0 spiro atoms. The van der Waals surface area contributed by atoms with Crippen molar-refractivity contribution in [2.24, 2.45) is 11.8 Å². The molecule has 2 N–H and O–H groups in total. The average Bonchev–Trinajstić information content (AvgIpc) is 3.20. The number of carboxylic acids is 2. The Balaban J connectivity index is 4.41. The summed E-state index contributed by atoms with van der Waals surface area (Å²) in [6.07, 6.45) is 29.6. The van der Waals surface area contributed by atoms with Gasteiger partial charge in [0.25, 0.3) is 0 Å². The van der Waals surface area contributed by atoms with Crippen molar-refractivity contribution in [3.63, 3.8) is 0 Å². The standard InChI is InChI=1S/C48H88O10/c1-5-9-11-13-18-24-30-40(35-37-44(49)50)41(36-38-45(51)52)31-25-19-15-16-23-29-39-56-48(55)34-28-22-17-21-27-33-43(58-47(54)8-4)42(57-46(53)7-3)32-26-20-14-12-10-6-2/h40-43H,5-39H2,1-4H3,(H,49,50)(H,51,52). The largest absolute Gasteiger partial charge is 0.481 e. The van der Waals surface area contributed by atoms with Crippen molar-refractivity contribution in [2.45, 2.75) is 258 Å². The van der Waals surface area contributed by atoms with Crippen LogP contribution in [0.3, 0.4) is 0 Å². The molecule has 340 valence electrons. The molecule has 0 aliphatic heterocycles. The smallest absolute Gasteiger partial charge is 0.305 e. The molecule has 0 heterocycles. The van der Waals surface area contributed by atoms with Crippen molar-refractivity contribution in [3.8, 4) is 0 Å². The van der Waals surface area contributed by atoms with Gasteiger partial charge in [-0.2, -0.15) is 0 Å². The van der Waals surface area contributed by atoms with Gasteiger partial charge in [0.15, 0.2) is 0 Å². The zero-order chi connectivity index (χ0) is 43.1. The molecule has 0 amide bonds. The van der Waals surface area contributed by atoms with Gasteiger partial charge in [0, 0.05) is 32.1 Å². The molecule has 0 saturated carbocycles. The lowest BCUT2D eigenvalue weighted by atomic mass is 9.78. The van der Waals surface area contributed by atoms with E-state index in [-0.39, 0.29) is 49.0 Å². The van der Waals surface area contributed by atoms with Crippen LogP contribution in [0.15, 0.2) is 0 Å². The molecule has 0 radical (unpaired) electrons. The molecular formula is C48H88O10. The number of esters is 3. The third kappa shape index (κ3) is 34.2. The van der Waals surface area contributed by atoms with Gasteiger partial charge in [-0.3, -0.25) is 24.0 Å². The summed E-state index contributed by atoms with van der Waals surface area (Å²) in [5.41, 5.74) is 0. The van der Waals surface area contributed by atoms with Crippen LogP contribution in [0, 0.1) is 11.8 Å². The summed E-state index contributed by atoms with van der Waals surface area (Å²) in [5.74, 6) is -1.70. The first-order chi connectivity index (χ1) is 28.1. The number of hydrogen-bond acceptors (Lipinski definition) is 8. The fourth-order valence-electron chi connectivity index (χ4n) is 7.93. The minimum Gasteiger partial charge on any atom is -0.481 e. The van der Waals surface area contributed by atoms with Gasteiger partial charge in [-0.1, -0.05) is 163 Å². The molecule has 58 heavy (non-hydrogen) atoms. The fraction of sp³-hybridized carbons (Fsp3) is 0.896. The zero-order valence-electron chi connectivity index (χ0n) is 37.7. The molecule has 4 unspecified atom stereocenters. The highest BCUT2D eigenvalue weighted by molar-refractivity contribution is 5.70. The van der Waals surface area contributed by atoms with Gasteiger partial charge in [-0.15, -0.1) is 0 Å². The summed E-state index contributed by atoms with van der Waals surface area (Å²) in [6.45, 7) is 8.41. The third-order valence-corrected chi connectivity index (χ3v) is 11.6.